The molecule has 0 unspecified atom stereocenters. The van der Waals surface area contributed by atoms with Crippen molar-refractivity contribution in [2.75, 3.05) is 26.2 Å². The molecule has 2 aromatic rings. The number of nitrogens with zero attached hydrogens (tertiary/aromatic N) is 3. The average Bonchev–Trinajstić information content (AvgIpc) is 3.18. The SMILES string of the molecule is O=C(c1cscn1)N1CCN(S(=O)(=O)c2ccc(Cl)s2)CC1. The fourth-order valence-corrected chi connectivity index (χ4v) is 5.76. The molecule has 10 heteroatoms. The number of hydrogen-bond donors (Lipinski definition) is 0. The van der Waals surface area contributed by atoms with Gasteiger partial charge < -0.3 is 4.90 Å². The zero-order chi connectivity index (χ0) is 15.7. The molecule has 1 aliphatic heterocycles. The van der Waals surface area contributed by atoms with Crippen LogP contribution in [-0.2, 0) is 10.0 Å². The van der Waals surface area contributed by atoms with Gasteiger partial charge >= 0.3 is 0 Å². The van der Waals surface area contributed by atoms with E-state index in [-0.39, 0.29) is 23.2 Å². The van der Waals surface area contributed by atoms with Crippen LogP contribution in [0.4, 0.5) is 0 Å². The first kappa shape index (κ1) is 15.9. The van der Waals surface area contributed by atoms with Gasteiger partial charge in [0.05, 0.1) is 9.85 Å². The Hall–Kier alpha value is -1.000. The van der Waals surface area contributed by atoms with Crippen LogP contribution in [0.2, 0.25) is 4.34 Å². The number of hydrogen-bond acceptors (Lipinski definition) is 6. The molecule has 1 aliphatic rings. The maximum Gasteiger partial charge on any atom is 0.273 e. The molecule has 0 atom stereocenters. The summed E-state index contributed by atoms with van der Waals surface area (Å²) in [4.78, 5) is 17.8. The smallest absolute Gasteiger partial charge is 0.273 e. The van der Waals surface area contributed by atoms with Crippen molar-refractivity contribution in [1.29, 1.82) is 0 Å². The lowest BCUT2D eigenvalue weighted by Gasteiger charge is -2.33. The number of amides is 1. The minimum absolute atomic E-state index is 0.155. The molecule has 3 rings (SSSR count). The van der Waals surface area contributed by atoms with Crippen molar-refractivity contribution in [1.82, 2.24) is 14.2 Å². The molecular formula is C12H12ClN3O3S3. The first-order valence-electron chi connectivity index (χ1n) is 6.41. The highest BCUT2D eigenvalue weighted by Crippen LogP contribution is 2.28. The van der Waals surface area contributed by atoms with E-state index in [0.717, 1.165) is 11.3 Å². The van der Waals surface area contributed by atoms with Gasteiger partial charge in [-0.2, -0.15) is 4.31 Å². The molecule has 1 amide bonds. The van der Waals surface area contributed by atoms with Crippen molar-refractivity contribution in [2.45, 2.75) is 4.21 Å². The third-order valence-corrected chi connectivity index (χ3v) is 7.50. The van der Waals surface area contributed by atoms with E-state index in [1.807, 2.05) is 0 Å². The molecule has 1 fully saturated rings. The number of sulfonamides is 1. The zero-order valence-corrected chi connectivity index (χ0v) is 14.5. The Labute approximate surface area is 141 Å². The van der Waals surface area contributed by atoms with Crippen LogP contribution in [0.1, 0.15) is 10.5 Å². The van der Waals surface area contributed by atoms with E-state index in [1.165, 1.54) is 21.7 Å². The number of halogens is 1. The third kappa shape index (κ3) is 3.04. The van der Waals surface area contributed by atoms with Gasteiger partial charge in [-0.05, 0) is 12.1 Å². The topological polar surface area (TPSA) is 70.6 Å². The second-order valence-corrected chi connectivity index (χ2v) is 9.23. The second kappa shape index (κ2) is 6.25. The maximum absolute atomic E-state index is 12.5. The van der Waals surface area contributed by atoms with Crippen molar-refractivity contribution >= 4 is 50.2 Å². The molecule has 0 saturated carbocycles. The molecule has 0 spiro atoms. The Morgan fingerprint density at radius 3 is 2.50 bits per heavy atom. The number of aromatic nitrogens is 1. The number of rotatable bonds is 3. The Morgan fingerprint density at radius 1 is 1.23 bits per heavy atom. The summed E-state index contributed by atoms with van der Waals surface area (Å²) in [7, 11) is -3.53. The molecule has 0 radical (unpaired) electrons. The summed E-state index contributed by atoms with van der Waals surface area (Å²) in [5.74, 6) is -0.155. The van der Waals surface area contributed by atoms with Gasteiger partial charge in [0.2, 0.25) is 0 Å². The maximum atomic E-state index is 12.5. The number of thiophene rings is 1. The Balaban J connectivity index is 1.68. The summed E-state index contributed by atoms with van der Waals surface area (Å²) < 4.78 is 27.0. The van der Waals surface area contributed by atoms with E-state index in [1.54, 1.807) is 21.9 Å². The average molecular weight is 378 g/mol. The molecule has 1 saturated heterocycles. The molecule has 118 valence electrons. The lowest BCUT2D eigenvalue weighted by Crippen LogP contribution is -2.50. The van der Waals surface area contributed by atoms with Crippen LogP contribution < -0.4 is 0 Å². The van der Waals surface area contributed by atoms with Gasteiger partial charge in [0.25, 0.3) is 15.9 Å². The minimum Gasteiger partial charge on any atom is -0.335 e. The first-order valence-corrected chi connectivity index (χ1v) is 9.99. The summed E-state index contributed by atoms with van der Waals surface area (Å²) >= 11 is 8.20. The molecule has 3 heterocycles. The summed E-state index contributed by atoms with van der Waals surface area (Å²) in [6.45, 7) is 1.25. The Bertz CT molecular complexity index is 765. The molecule has 6 nitrogen and oxygen atoms in total. The summed E-state index contributed by atoms with van der Waals surface area (Å²) in [5.41, 5.74) is 2.01. The molecule has 0 aliphatic carbocycles. The summed E-state index contributed by atoms with van der Waals surface area (Å²) in [6.07, 6.45) is 0. The second-order valence-electron chi connectivity index (χ2n) is 4.63. The zero-order valence-electron chi connectivity index (χ0n) is 11.3. The monoisotopic (exact) mass is 377 g/mol. The van der Waals surface area contributed by atoms with Gasteiger partial charge in [-0.15, -0.1) is 22.7 Å². The Morgan fingerprint density at radius 2 is 1.95 bits per heavy atom. The number of thiazole rings is 1. The van der Waals surface area contributed by atoms with Crippen molar-refractivity contribution in [3.8, 4) is 0 Å². The first-order chi connectivity index (χ1) is 10.5. The third-order valence-electron chi connectivity index (χ3n) is 3.32. The predicted octanol–water partition coefficient (Wildman–Crippen LogP) is 2.00. The lowest BCUT2D eigenvalue weighted by molar-refractivity contribution is 0.0693. The number of carbonyl (C=O) groups is 1. The van der Waals surface area contributed by atoms with Gasteiger partial charge in [-0.3, -0.25) is 4.79 Å². The highest BCUT2D eigenvalue weighted by molar-refractivity contribution is 7.91. The van der Waals surface area contributed by atoms with Crippen molar-refractivity contribution in [3.05, 3.63) is 33.1 Å². The van der Waals surface area contributed by atoms with Crippen LogP contribution in [0.25, 0.3) is 0 Å². The lowest BCUT2D eigenvalue weighted by atomic mass is 10.3. The van der Waals surface area contributed by atoms with E-state index in [2.05, 4.69) is 4.98 Å². The van der Waals surface area contributed by atoms with Crippen LogP contribution >= 0.6 is 34.3 Å². The molecule has 0 bridgehead atoms. The van der Waals surface area contributed by atoms with Gasteiger partial charge in [0.15, 0.2) is 0 Å². The van der Waals surface area contributed by atoms with Crippen molar-refractivity contribution in [3.63, 3.8) is 0 Å². The van der Waals surface area contributed by atoms with Gasteiger partial charge in [0.1, 0.15) is 9.90 Å². The fraction of sp³-hybridized carbons (Fsp3) is 0.333. The van der Waals surface area contributed by atoms with E-state index < -0.39 is 10.0 Å². The standard InChI is InChI=1S/C12H12ClN3O3S3/c13-10-1-2-11(21-10)22(18,19)16-5-3-15(4-6-16)12(17)9-7-20-8-14-9/h1-2,7-8H,3-6H2. The molecule has 0 N–H and O–H groups in total. The van der Waals surface area contributed by atoms with Crippen LogP contribution in [-0.4, -0.2) is 54.7 Å². The summed E-state index contributed by atoms with van der Waals surface area (Å²) in [6, 6.07) is 3.08. The van der Waals surface area contributed by atoms with Gasteiger partial charge in [-0.25, -0.2) is 13.4 Å². The predicted molar refractivity (Wildman–Crippen MR) is 86.1 cm³/mol. The van der Waals surface area contributed by atoms with E-state index in [0.29, 0.717) is 23.1 Å². The minimum atomic E-state index is -3.53. The van der Waals surface area contributed by atoms with Crippen LogP contribution in [0.15, 0.2) is 27.2 Å². The molecule has 2 aromatic heterocycles. The summed E-state index contributed by atoms with van der Waals surface area (Å²) in [5, 5.41) is 1.69. The van der Waals surface area contributed by atoms with E-state index in [9.17, 15) is 13.2 Å². The quantitative estimate of drug-likeness (QED) is 0.820. The van der Waals surface area contributed by atoms with Crippen molar-refractivity contribution in [2.24, 2.45) is 0 Å². The van der Waals surface area contributed by atoms with Crippen LogP contribution in [0.5, 0.6) is 0 Å². The van der Waals surface area contributed by atoms with E-state index in [4.69, 9.17) is 11.6 Å². The highest BCUT2D eigenvalue weighted by atomic mass is 35.5. The fourth-order valence-electron chi connectivity index (χ4n) is 2.18. The van der Waals surface area contributed by atoms with Gasteiger partial charge in [0, 0.05) is 31.6 Å². The molecular weight excluding hydrogens is 366 g/mol. The van der Waals surface area contributed by atoms with E-state index >= 15 is 0 Å². The van der Waals surface area contributed by atoms with Crippen molar-refractivity contribution < 1.29 is 13.2 Å². The molecule has 22 heavy (non-hydrogen) atoms. The molecule has 0 aromatic carbocycles. The Kier molecular flexibility index (Phi) is 4.51. The highest BCUT2D eigenvalue weighted by Gasteiger charge is 2.31. The van der Waals surface area contributed by atoms with Gasteiger partial charge in [-0.1, -0.05) is 11.6 Å². The normalized spacial score (nSPS) is 16.9. The number of piperazine rings is 1. The largest absolute Gasteiger partial charge is 0.335 e. The van der Waals surface area contributed by atoms with Crippen LogP contribution in [0.3, 0.4) is 0 Å². The van der Waals surface area contributed by atoms with Crippen LogP contribution in [0, 0.1) is 0 Å². The number of carbonyl (C=O) groups excluding carboxylic acids is 1.